The number of nitrogens with zero attached hydrogens (tertiary/aromatic N) is 2. The van der Waals surface area contributed by atoms with Crippen LogP contribution in [0.4, 0.5) is 0 Å². The second kappa shape index (κ2) is 6.78. The Morgan fingerprint density at radius 1 is 1.36 bits per heavy atom. The Balaban J connectivity index is 1.72. The molecule has 2 amide bonds. The van der Waals surface area contributed by atoms with Crippen LogP contribution in [0.15, 0.2) is 18.2 Å². The zero-order valence-corrected chi connectivity index (χ0v) is 15.9. The molecule has 2 fully saturated rings. The average Bonchev–Trinajstić information content (AvgIpc) is 3.10. The smallest absolute Gasteiger partial charge is 0.246 e. The molecule has 2 heterocycles. The highest BCUT2D eigenvalue weighted by molar-refractivity contribution is 8.01. The average molecular weight is 364 g/mol. The summed E-state index contributed by atoms with van der Waals surface area (Å²) in [7, 11) is 4.96. The molecule has 2 saturated heterocycles. The van der Waals surface area contributed by atoms with Gasteiger partial charge in [0.2, 0.25) is 11.8 Å². The molecular weight excluding hydrogens is 340 g/mol. The van der Waals surface area contributed by atoms with Crippen LogP contribution in [-0.4, -0.2) is 59.5 Å². The highest BCUT2D eigenvalue weighted by atomic mass is 32.2. The fourth-order valence-electron chi connectivity index (χ4n) is 3.59. The van der Waals surface area contributed by atoms with E-state index in [1.807, 2.05) is 18.2 Å². The number of fused-ring (bicyclic) bond motifs is 1. The summed E-state index contributed by atoms with van der Waals surface area (Å²) >= 11 is 1.71. The highest BCUT2D eigenvalue weighted by Gasteiger charge is 2.53. The van der Waals surface area contributed by atoms with Gasteiger partial charge in [-0.1, -0.05) is 6.07 Å². The lowest BCUT2D eigenvalue weighted by atomic mass is 10.1. The van der Waals surface area contributed by atoms with Gasteiger partial charge in [-0.2, -0.15) is 0 Å². The first kappa shape index (κ1) is 17.9. The summed E-state index contributed by atoms with van der Waals surface area (Å²) in [6.07, 6.45) is 1.35. The number of hydrogen-bond donors (Lipinski definition) is 0. The van der Waals surface area contributed by atoms with E-state index in [1.165, 1.54) is 0 Å². The first-order valence-electron chi connectivity index (χ1n) is 8.31. The second-order valence-corrected chi connectivity index (χ2v) is 8.15. The molecule has 136 valence electrons. The molecule has 0 spiro atoms. The fourth-order valence-corrected chi connectivity index (χ4v) is 5.01. The molecule has 6 nitrogen and oxygen atoms in total. The van der Waals surface area contributed by atoms with Crippen molar-refractivity contribution in [3.8, 4) is 11.5 Å². The number of carbonyl (C=O) groups excluding carboxylic acids is 2. The number of methoxy groups -OCH3 is 2. The van der Waals surface area contributed by atoms with E-state index in [9.17, 15) is 9.59 Å². The Kier molecular flexibility index (Phi) is 4.86. The van der Waals surface area contributed by atoms with Gasteiger partial charge < -0.3 is 19.3 Å². The van der Waals surface area contributed by atoms with Crippen molar-refractivity contribution in [3.05, 3.63) is 23.8 Å². The molecule has 0 aliphatic carbocycles. The van der Waals surface area contributed by atoms with Crippen LogP contribution in [0.2, 0.25) is 0 Å². The summed E-state index contributed by atoms with van der Waals surface area (Å²) < 4.78 is 10.6. The van der Waals surface area contributed by atoms with Gasteiger partial charge in [-0.05, 0) is 31.0 Å². The van der Waals surface area contributed by atoms with Gasteiger partial charge in [0.25, 0.3) is 0 Å². The largest absolute Gasteiger partial charge is 0.493 e. The predicted molar refractivity (Wildman–Crippen MR) is 96.8 cm³/mol. The molecule has 7 heteroatoms. The number of likely N-dealkylation sites (N-methyl/N-ethyl adjacent to an activating group) is 1. The molecule has 0 saturated carbocycles. The lowest BCUT2D eigenvalue weighted by Gasteiger charge is -2.32. The van der Waals surface area contributed by atoms with Crippen molar-refractivity contribution in [2.24, 2.45) is 0 Å². The number of benzene rings is 1. The predicted octanol–water partition coefficient (Wildman–Crippen LogP) is 2.12. The summed E-state index contributed by atoms with van der Waals surface area (Å²) in [6, 6.07) is 5.26. The molecule has 0 N–H and O–H groups in total. The van der Waals surface area contributed by atoms with Crippen LogP contribution in [0, 0.1) is 0 Å². The fraction of sp³-hybridized carbons (Fsp3) is 0.556. The summed E-state index contributed by atoms with van der Waals surface area (Å²) in [6.45, 7) is 2.52. The van der Waals surface area contributed by atoms with Crippen molar-refractivity contribution in [1.82, 2.24) is 9.80 Å². The van der Waals surface area contributed by atoms with Crippen LogP contribution in [-0.2, 0) is 16.1 Å². The van der Waals surface area contributed by atoms with Gasteiger partial charge >= 0.3 is 0 Å². The Morgan fingerprint density at radius 2 is 2.08 bits per heavy atom. The van der Waals surface area contributed by atoms with Gasteiger partial charge in [-0.15, -0.1) is 11.8 Å². The van der Waals surface area contributed by atoms with Crippen molar-refractivity contribution in [2.75, 3.05) is 27.0 Å². The summed E-state index contributed by atoms with van der Waals surface area (Å²) in [4.78, 5) is 28.4. The molecule has 0 aromatic heterocycles. The Bertz CT molecular complexity index is 696. The van der Waals surface area contributed by atoms with Crippen LogP contribution in [0.3, 0.4) is 0 Å². The van der Waals surface area contributed by atoms with Gasteiger partial charge in [0.1, 0.15) is 6.04 Å². The number of rotatable bonds is 5. The van der Waals surface area contributed by atoms with E-state index in [0.29, 0.717) is 30.2 Å². The first-order chi connectivity index (χ1) is 11.9. The number of amides is 2. The summed E-state index contributed by atoms with van der Waals surface area (Å²) in [5.74, 6) is 2.04. The maximum Gasteiger partial charge on any atom is 0.246 e. The third-order valence-electron chi connectivity index (χ3n) is 4.97. The topological polar surface area (TPSA) is 59.1 Å². The molecule has 2 aliphatic heterocycles. The standard InChI is InChI=1S/C18H24N2O4S/c1-18-8-7-16(21)20(18)13(11-25-18)17(22)19(2)10-12-5-6-14(23-3)15(9-12)24-4/h5-6,9,13H,7-8,10-11H2,1-4H3/t13-,18-/m0/s1. The van der Waals surface area contributed by atoms with Crippen LogP contribution in [0.1, 0.15) is 25.3 Å². The minimum absolute atomic E-state index is 0.0127. The monoisotopic (exact) mass is 364 g/mol. The van der Waals surface area contributed by atoms with Crippen molar-refractivity contribution >= 4 is 23.6 Å². The Morgan fingerprint density at radius 3 is 2.76 bits per heavy atom. The maximum absolute atomic E-state index is 12.9. The van der Waals surface area contributed by atoms with Gasteiger partial charge in [-0.3, -0.25) is 9.59 Å². The Labute approximate surface area is 152 Å². The molecule has 3 rings (SSSR count). The normalized spacial score (nSPS) is 25.0. The molecule has 2 aliphatic rings. The zero-order chi connectivity index (χ0) is 18.2. The van der Waals surface area contributed by atoms with Gasteiger partial charge in [-0.25, -0.2) is 0 Å². The molecule has 0 unspecified atom stereocenters. The third-order valence-corrected chi connectivity index (χ3v) is 6.48. The molecule has 1 aromatic rings. The van der Waals surface area contributed by atoms with Crippen LogP contribution in [0.25, 0.3) is 0 Å². The maximum atomic E-state index is 12.9. The molecule has 1 aromatic carbocycles. The molecule has 2 atom stereocenters. The second-order valence-electron chi connectivity index (χ2n) is 6.65. The van der Waals surface area contributed by atoms with Crippen molar-refractivity contribution in [3.63, 3.8) is 0 Å². The van der Waals surface area contributed by atoms with Crippen LogP contribution in [0.5, 0.6) is 11.5 Å². The van der Waals surface area contributed by atoms with E-state index in [2.05, 4.69) is 6.92 Å². The summed E-state index contributed by atoms with van der Waals surface area (Å²) in [5, 5.41) is 0. The van der Waals surface area contributed by atoms with Gasteiger partial charge in [0.05, 0.1) is 19.1 Å². The highest BCUT2D eigenvalue weighted by Crippen LogP contribution is 2.47. The SMILES string of the molecule is COc1ccc(CN(C)C(=O)[C@@H]2CS[C@@]3(C)CCC(=O)N23)cc1OC. The van der Waals surface area contributed by atoms with Crippen LogP contribution >= 0.6 is 11.8 Å². The lowest BCUT2D eigenvalue weighted by molar-refractivity contribution is -0.143. The number of carbonyl (C=O) groups is 2. The van der Waals surface area contributed by atoms with Crippen LogP contribution < -0.4 is 9.47 Å². The van der Waals surface area contributed by atoms with Gasteiger partial charge in [0, 0.05) is 25.8 Å². The molecular formula is C18H24N2O4S. The lowest BCUT2D eigenvalue weighted by Crippen LogP contribution is -2.50. The summed E-state index contributed by atoms with van der Waals surface area (Å²) in [5.41, 5.74) is 0.953. The van der Waals surface area contributed by atoms with Crippen molar-refractivity contribution in [1.29, 1.82) is 0 Å². The number of hydrogen-bond acceptors (Lipinski definition) is 5. The van der Waals surface area contributed by atoms with Crippen molar-refractivity contribution < 1.29 is 19.1 Å². The van der Waals surface area contributed by atoms with E-state index < -0.39 is 0 Å². The number of thioether (sulfide) groups is 1. The minimum atomic E-state index is -0.366. The van der Waals surface area contributed by atoms with Gasteiger partial charge in [0.15, 0.2) is 11.5 Å². The molecule has 0 radical (unpaired) electrons. The minimum Gasteiger partial charge on any atom is -0.493 e. The molecule has 0 bridgehead atoms. The molecule has 25 heavy (non-hydrogen) atoms. The Hall–Kier alpha value is -1.89. The van der Waals surface area contributed by atoms with E-state index in [1.54, 1.807) is 42.8 Å². The zero-order valence-electron chi connectivity index (χ0n) is 15.1. The third kappa shape index (κ3) is 3.17. The van der Waals surface area contributed by atoms with Crippen molar-refractivity contribution in [2.45, 2.75) is 37.2 Å². The first-order valence-corrected chi connectivity index (χ1v) is 9.30. The number of ether oxygens (including phenoxy) is 2. The van der Waals surface area contributed by atoms with E-state index in [-0.39, 0.29) is 22.7 Å². The quantitative estimate of drug-likeness (QED) is 0.801. The van der Waals surface area contributed by atoms with E-state index >= 15 is 0 Å². The van der Waals surface area contributed by atoms with E-state index in [0.717, 1.165) is 12.0 Å². The van der Waals surface area contributed by atoms with E-state index in [4.69, 9.17) is 9.47 Å².